The third-order valence-corrected chi connectivity index (χ3v) is 12.4. The summed E-state index contributed by atoms with van der Waals surface area (Å²) in [5.41, 5.74) is -0.265. The van der Waals surface area contributed by atoms with Gasteiger partial charge in [0.1, 0.15) is 0 Å². The van der Waals surface area contributed by atoms with Crippen LogP contribution in [0.25, 0.3) is 0 Å². The second-order valence-electron chi connectivity index (χ2n) is 13.3. The van der Waals surface area contributed by atoms with Crippen molar-refractivity contribution < 1.29 is 50.3 Å². The molecular weight excluding hydrogens is 544 g/mol. The summed E-state index contributed by atoms with van der Waals surface area (Å²) in [7, 11) is -6.40. The first kappa shape index (κ1) is 31.0. The maximum absolute atomic E-state index is 13.7. The van der Waals surface area contributed by atoms with Crippen molar-refractivity contribution >= 4 is 16.1 Å². The summed E-state index contributed by atoms with van der Waals surface area (Å²) in [4.78, 5) is 12.1. The lowest BCUT2D eigenvalue weighted by atomic mass is 9.43. The molecule has 0 heterocycles. The third kappa shape index (κ3) is 5.14. The van der Waals surface area contributed by atoms with Gasteiger partial charge in [0.2, 0.25) is 0 Å². The van der Waals surface area contributed by atoms with Gasteiger partial charge in [0, 0.05) is 6.42 Å². The van der Waals surface area contributed by atoms with Crippen LogP contribution in [0.3, 0.4) is 0 Å². The van der Waals surface area contributed by atoms with Crippen LogP contribution in [-0.4, -0.2) is 59.1 Å². The van der Waals surface area contributed by atoms with Crippen LogP contribution in [0.2, 0.25) is 0 Å². The molecule has 226 valence electrons. The highest BCUT2D eigenvalue weighted by Crippen LogP contribution is 2.68. The molecule has 4 aliphatic carbocycles. The molecule has 4 saturated carbocycles. The van der Waals surface area contributed by atoms with E-state index in [1.54, 1.807) is 0 Å². The fourth-order valence-corrected chi connectivity index (χ4v) is 9.66. The Hall–Kier alpha value is -0.980. The van der Waals surface area contributed by atoms with E-state index < -0.39 is 40.0 Å². The zero-order valence-corrected chi connectivity index (χ0v) is 23.6. The van der Waals surface area contributed by atoms with E-state index in [1.807, 2.05) is 6.92 Å². The molecule has 12 heteroatoms. The van der Waals surface area contributed by atoms with E-state index in [0.717, 1.165) is 44.9 Å². The molecule has 10 atom stereocenters. The van der Waals surface area contributed by atoms with Crippen molar-refractivity contribution in [3.8, 4) is 0 Å². The number of carbonyl (C=O) groups is 1. The fraction of sp³-hybridized carbons (Fsp3) is 0.963. The van der Waals surface area contributed by atoms with Crippen LogP contribution in [0.4, 0.5) is 17.6 Å². The number of fused-ring (bicyclic) bond motifs is 5. The van der Waals surface area contributed by atoms with Gasteiger partial charge in [-0.3, -0.25) is 9.35 Å². The van der Waals surface area contributed by atoms with Crippen LogP contribution in [0.15, 0.2) is 0 Å². The van der Waals surface area contributed by atoms with E-state index in [2.05, 4.69) is 18.6 Å². The number of hydrogen-bond acceptors (Lipinski definition) is 6. The Labute approximate surface area is 227 Å². The Bertz CT molecular complexity index is 1040. The van der Waals surface area contributed by atoms with Crippen LogP contribution in [0, 0.1) is 46.3 Å². The highest BCUT2D eigenvalue weighted by atomic mass is 32.2. The quantitative estimate of drug-likeness (QED) is 0.207. The molecule has 0 aliphatic heterocycles. The monoisotopic (exact) mass is 586 g/mol. The van der Waals surface area contributed by atoms with E-state index in [9.17, 15) is 41.0 Å². The number of halogens is 4. The lowest BCUT2D eigenvalue weighted by molar-refractivity contribution is -0.196. The zero-order valence-electron chi connectivity index (χ0n) is 22.8. The molecule has 4 rings (SSSR count). The molecule has 0 amide bonds. The molecule has 0 aromatic heterocycles. The van der Waals surface area contributed by atoms with Gasteiger partial charge in [0.05, 0.1) is 12.2 Å². The molecule has 7 nitrogen and oxygen atoms in total. The smallest absolute Gasteiger partial charge is 0.435 e. The largest absolute Gasteiger partial charge is 0.459 e. The normalized spacial score (nSPS) is 41.7. The van der Waals surface area contributed by atoms with Gasteiger partial charge in [-0.1, -0.05) is 20.8 Å². The first-order chi connectivity index (χ1) is 17.9. The molecule has 4 aliphatic rings. The van der Waals surface area contributed by atoms with Crippen molar-refractivity contribution in [1.29, 1.82) is 0 Å². The molecule has 0 spiro atoms. The summed E-state index contributed by atoms with van der Waals surface area (Å²) in [5.74, 6) is -4.80. The van der Waals surface area contributed by atoms with Crippen LogP contribution in [0.1, 0.15) is 85.0 Å². The predicted octanol–water partition coefficient (Wildman–Crippen LogP) is 5.05. The van der Waals surface area contributed by atoms with Gasteiger partial charge in [-0.2, -0.15) is 26.0 Å². The molecule has 0 aromatic carbocycles. The molecule has 0 saturated heterocycles. The second-order valence-corrected chi connectivity index (χ2v) is 14.7. The average Bonchev–Trinajstić information content (AvgIpc) is 3.20. The highest BCUT2D eigenvalue weighted by Gasteiger charge is 2.67. The molecule has 4 fully saturated rings. The molecular formula is C27H42F4O7S. The number of alkyl halides is 4. The minimum atomic E-state index is -6.40. The Morgan fingerprint density at radius 2 is 1.69 bits per heavy atom. The highest BCUT2D eigenvalue weighted by molar-refractivity contribution is 7.87. The lowest BCUT2D eigenvalue weighted by Crippen LogP contribution is -2.58. The number of aliphatic hydroxyl groups excluding tert-OH is 2. The van der Waals surface area contributed by atoms with E-state index in [1.165, 1.54) is 0 Å². The van der Waals surface area contributed by atoms with Crippen molar-refractivity contribution in [2.45, 2.75) is 108 Å². The molecule has 0 radical (unpaired) electrons. The standard InChI is InChI=1S/C27H42F4O7S/c1-15(4-9-23(34)38-14-26(28,29)27(30,31)39(35,36)37)19-7-8-20-18-6-5-16-12-17(32)10-11-24(16,2)21(18)13-22(33)25(19,20)3/h15-22,32-33H,4-14H2,1-3H3,(H,35,36,37)/t15-,16-,17-,18+,19-,20+,21+,22+,24+,25-/m1/s1. The summed E-state index contributed by atoms with van der Waals surface area (Å²) in [6.45, 7) is 4.23. The van der Waals surface area contributed by atoms with E-state index in [0.29, 0.717) is 30.1 Å². The first-order valence-electron chi connectivity index (χ1n) is 14.1. The van der Waals surface area contributed by atoms with Crippen LogP contribution in [-0.2, 0) is 19.6 Å². The Morgan fingerprint density at radius 3 is 2.33 bits per heavy atom. The minimum Gasteiger partial charge on any atom is -0.459 e. The van der Waals surface area contributed by atoms with Gasteiger partial charge in [0.15, 0.2) is 6.61 Å². The lowest BCUT2D eigenvalue weighted by Gasteiger charge is -2.62. The number of hydrogen-bond donors (Lipinski definition) is 3. The van der Waals surface area contributed by atoms with Gasteiger partial charge in [-0.25, -0.2) is 0 Å². The molecule has 0 unspecified atom stereocenters. The second kappa shape index (κ2) is 10.4. The Morgan fingerprint density at radius 1 is 1.03 bits per heavy atom. The first-order valence-corrected chi connectivity index (χ1v) is 15.5. The number of ether oxygens (including phenoxy) is 1. The third-order valence-electron chi connectivity index (χ3n) is 11.5. The summed E-state index contributed by atoms with van der Waals surface area (Å²) in [6.07, 6.45) is 6.38. The van der Waals surface area contributed by atoms with Crippen LogP contribution >= 0.6 is 0 Å². The van der Waals surface area contributed by atoms with Crippen LogP contribution in [0.5, 0.6) is 0 Å². The van der Waals surface area contributed by atoms with Gasteiger partial charge in [-0.15, -0.1) is 0 Å². The number of esters is 1. The van der Waals surface area contributed by atoms with Crippen molar-refractivity contribution in [3.05, 3.63) is 0 Å². The summed E-state index contributed by atoms with van der Waals surface area (Å²) in [6, 6.07) is 0. The van der Waals surface area contributed by atoms with Gasteiger partial charge >= 0.3 is 27.3 Å². The summed E-state index contributed by atoms with van der Waals surface area (Å²) >= 11 is 0. The molecule has 0 bridgehead atoms. The maximum Gasteiger partial charge on any atom is 0.435 e. The van der Waals surface area contributed by atoms with E-state index in [-0.39, 0.29) is 41.6 Å². The molecule has 3 N–H and O–H groups in total. The van der Waals surface area contributed by atoms with Gasteiger partial charge in [0.25, 0.3) is 0 Å². The van der Waals surface area contributed by atoms with E-state index in [4.69, 9.17) is 4.55 Å². The van der Waals surface area contributed by atoms with Crippen molar-refractivity contribution in [3.63, 3.8) is 0 Å². The summed E-state index contributed by atoms with van der Waals surface area (Å²) in [5, 5.41) is 16.0. The zero-order chi connectivity index (χ0) is 29.2. The maximum atomic E-state index is 13.7. The van der Waals surface area contributed by atoms with Crippen molar-refractivity contribution in [2.24, 2.45) is 46.3 Å². The summed E-state index contributed by atoms with van der Waals surface area (Å²) < 4.78 is 88.0. The van der Waals surface area contributed by atoms with E-state index >= 15 is 0 Å². The Kier molecular flexibility index (Phi) is 8.24. The average molecular weight is 587 g/mol. The van der Waals surface area contributed by atoms with Crippen molar-refractivity contribution in [2.75, 3.05) is 6.61 Å². The van der Waals surface area contributed by atoms with Gasteiger partial charge in [-0.05, 0) is 104 Å². The fourth-order valence-electron chi connectivity index (χ4n) is 9.22. The number of rotatable bonds is 8. The molecule has 39 heavy (non-hydrogen) atoms. The molecule has 0 aromatic rings. The number of aliphatic hydroxyl groups is 2. The predicted molar refractivity (Wildman–Crippen MR) is 133 cm³/mol. The number of carbonyl (C=O) groups excluding carboxylic acids is 1. The topological polar surface area (TPSA) is 121 Å². The van der Waals surface area contributed by atoms with Crippen LogP contribution < -0.4 is 0 Å². The Balaban J connectivity index is 1.37. The SMILES string of the molecule is C[C@H](CCC(=O)OCC(F)(F)C(F)(F)S(=O)(=O)O)[C@H]1CC[C@H]2[C@@H]3CC[C@@H]4C[C@H](O)CC[C@]4(C)[C@H]3C[C@H](O)[C@]12C. The van der Waals surface area contributed by atoms with Gasteiger partial charge < -0.3 is 14.9 Å². The van der Waals surface area contributed by atoms with Crippen molar-refractivity contribution in [1.82, 2.24) is 0 Å². The minimum absolute atomic E-state index is 0.0738.